The monoisotopic (exact) mass is 261 g/mol. The number of hydrogen-bond acceptors (Lipinski definition) is 3. The molecule has 3 atom stereocenters. The highest BCUT2D eigenvalue weighted by molar-refractivity contribution is 7.92. The van der Waals surface area contributed by atoms with Crippen LogP contribution in [0.1, 0.15) is 52.4 Å². The summed E-state index contributed by atoms with van der Waals surface area (Å²) in [4.78, 5) is 0. The summed E-state index contributed by atoms with van der Waals surface area (Å²) < 4.78 is 24.2. The Labute approximate surface area is 106 Å². The number of rotatable bonds is 6. The second-order valence-corrected chi connectivity index (χ2v) is 7.77. The molecule has 1 heterocycles. The topological polar surface area (TPSA) is 46.2 Å². The van der Waals surface area contributed by atoms with E-state index in [1.807, 2.05) is 7.05 Å². The zero-order valence-corrected chi connectivity index (χ0v) is 12.2. The quantitative estimate of drug-likeness (QED) is 0.798. The van der Waals surface area contributed by atoms with Gasteiger partial charge in [0.2, 0.25) is 0 Å². The number of nitrogens with one attached hydrogen (secondary N) is 1. The summed E-state index contributed by atoms with van der Waals surface area (Å²) in [6.07, 6.45) is 6.09. The summed E-state index contributed by atoms with van der Waals surface area (Å²) in [6.45, 7) is 4.41. The Morgan fingerprint density at radius 3 is 2.59 bits per heavy atom. The van der Waals surface area contributed by atoms with Crippen molar-refractivity contribution in [3.8, 4) is 0 Å². The first-order chi connectivity index (χ1) is 8.01. The van der Waals surface area contributed by atoms with Gasteiger partial charge in [-0.05, 0) is 32.2 Å². The van der Waals surface area contributed by atoms with Gasteiger partial charge in [0.15, 0.2) is 9.84 Å². The lowest BCUT2D eigenvalue weighted by Gasteiger charge is -2.31. The molecule has 0 radical (unpaired) electrons. The lowest BCUT2D eigenvalue weighted by atomic mass is 9.93. The number of sulfone groups is 1. The van der Waals surface area contributed by atoms with Crippen LogP contribution in [0.2, 0.25) is 0 Å². The van der Waals surface area contributed by atoms with E-state index in [2.05, 4.69) is 19.2 Å². The molecular formula is C13H27NO2S. The van der Waals surface area contributed by atoms with E-state index >= 15 is 0 Å². The molecule has 1 aliphatic rings. The summed E-state index contributed by atoms with van der Waals surface area (Å²) in [5, 5.41) is 3.09. The Bertz CT molecular complexity index is 313. The molecule has 1 rings (SSSR count). The Balaban J connectivity index is 2.65. The van der Waals surface area contributed by atoms with Crippen LogP contribution in [0.4, 0.5) is 0 Å². The molecule has 4 heteroatoms. The summed E-state index contributed by atoms with van der Waals surface area (Å²) in [5.74, 6) is 0.993. The summed E-state index contributed by atoms with van der Waals surface area (Å²) in [7, 11) is -0.962. The van der Waals surface area contributed by atoms with Gasteiger partial charge in [0.05, 0.1) is 11.0 Å². The van der Waals surface area contributed by atoms with Gasteiger partial charge in [0, 0.05) is 6.04 Å². The standard InChI is InChI=1S/C13H27NO2S/c1-4-7-11(2)10-12(14-3)13-8-5-6-9-17(13,15)16/h11-14H,4-10H2,1-3H3. The molecule has 0 spiro atoms. The molecule has 0 aliphatic carbocycles. The number of hydrogen-bond donors (Lipinski definition) is 1. The van der Waals surface area contributed by atoms with Crippen LogP contribution >= 0.6 is 0 Å². The molecule has 3 nitrogen and oxygen atoms in total. The van der Waals surface area contributed by atoms with Crippen molar-refractivity contribution in [1.29, 1.82) is 0 Å². The van der Waals surface area contributed by atoms with Crippen molar-refractivity contribution in [1.82, 2.24) is 5.32 Å². The third kappa shape index (κ3) is 4.25. The molecule has 0 aromatic heterocycles. The van der Waals surface area contributed by atoms with Crippen molar-refractivity contribution < 1.29 is 8.42 Å². The molecule has 17 heavy (non-hydrogen) atoms. The molecule has 0 bridgehead atoms. The lowest BCUT2D eigenvalue weighted by molar-refractivity contribution is 0.368. The van der Waals surface area contributed by atoms with Gasteiger partial charge < -0.3 is 5.32 Å². The average Bonchev–Trinajstić information content (AvgIpc) is 2.26. The fraction of sp³-hybridized carbons (Fsp3) is 1.00. The van der Waals surface area contributed by atoms with Crippen LogP contribution in [0.25, 0.3) is 0 Å². The van der Waals surface area contributed by atoms with E-state index < -0.39 is 9.84 Å². The first kappa shape index (κ1) is 15.0. The van der Waals surface area contributed by atoms with Gasteiger partial charge in [-0.3, -0.25) is 0 Å². The molecule has 102 valence electrons. The van der Waals surface area contributed by atoms with Gasteiger partial charge in [0.1, 0.15) is 0 Å². The first-order valence-corrected chi connectivity index (χ1v) is 8.61. The highest BCUT2D eigenvalue weighted by Crippen LogP contribution is 2.26. The fourth-order valence-electron chi connectivity index (χ4n) is 2.93. The lowest BCUT2D eigenvalue weighted by Crippen LogP contribution is -2.46. The van der Waals surface area contributed by atoms with E-state index in [1.165, 1.54) is 12.8 Å². The second kappa shape index (κ2) is 6.74. The molecule has 0 saturated carbocycles. The highest BCUT2D eigenvalue weighted by Gasteiger charge is 2.35. The Morgan fingerprint density at radius 1 is 1.35 bits per heavy atom. The third-order valence-corrected chi connectivity index (χ3v) is 6.23. The maximum Gasteiger partial charge on any atom is 0.154 e. The van der Waals surface area contributed by atoms with Crippen molar-refractivity contribution in [2.75, 3.05) is 12.8 Å². The van der Waals surface area contributed by atoms with E-state index in [9.17, 15) is 8.42 Å². The van der Waals surface area contributed by atoms with E-state index in [1.54, 1.807) is 0 Å². The molecule has 0 aromatic carbocycles. The van der Waals surface area contributed by atoms with Crippen molar-refractivity contribution >= 4 is 9.84 Å². The van der Waals surface area contributed by atoms with E-state index in [0.29, 0.717) is 11.7 Å². The smallest absolute Gasteiger partial charge is 0.154 e. The minimum atomic E-state index is -2.86. The molecule has 3 unspecified atom stereocenters. The molecular weight excluding hydrogens is 234 g/mol. The normalized spacial score (nSPS) is 27.6. The van der Waals surface area contributed by atoms with Crippen LogP contribution in [-0.2, 0) is 9.84 Å². The van der Waals surface area contributed by atoms with E-state index in [-0.39, 0.29) is 11.3 Å². The predicted molar refractivity (Wildman–Crippen MR) is 73.0 cm³/mol. The van der Waals surface area contributed by atoms with Crippen LogP contribution in [-0.4, -0.2) is 32.5 Å². The summed E-state index contributed by atoms with van der Waals surface area (Å²) >= 11 is 0. The minimum Gasteiger partial charge on any atom is -0.316 e. The van der Waals surface area contributed by atoms with Gasteiger partial charge >= 0.3 is 0 Å². The van der Waals surface area contributed by atoms with Crippen LogP contribution < -0.4 is 5.32 Å². The summed E-state index contributed by atoms with van der Waals surface area (Å²) in [5.41, 5.74) is 0. The van der Waals surface area contributed by atoms with Crippen LogP contribution in [0, 0.1) is 5.92 Å². The van der Waals surface area contributed by atoms with E-state index in [4.69, 9.17) is 0 Å². The Morgan fingerprint density at radius 2 is 2.06 bits per heavy atom. The first-order valence-electron chi connectivity index (χ1n) is 6.90. The van der Waals surface area contributed by atoms with Gasteiger partial charge in [-0.25, -0.2) is 8.42 Å². The molecule has 1 N–H and O–H groups in total. The van der Waals surface area contributed by atoms with Crippen molar-refractivity contribution in [2.24, 2.45) is 5.92 Å². The Hall–Kier alpha value is -0.0900. The predicted octanol–water partition coefficient (Wildman–Crippen LogP) is 2.37. The highest BCUT2D eigenvalue weighted by atomic mass is 32.2. The SMILES string of the molecule is CCCC(C)CC(NC)C1CCCCS1(=O)=O. The molecule has 0 aromatic rings. The van der Waals surface area contributed by atoms with Crippen molar-refractivity contribution in [2.45, 2.75) is 63.7 Å². The van der Waals surface area contributed by atoms with Crippen LogP contribution in [0.3, 0.4) is 0 Å². The third-order valence-electron chi connectivity index (χ3n) is 3.89. The van der Waals surface area contributed by atoms with Gasteiger partial charge in [-0.2, -0.15) is 0 Å². The molecule has 1 aliphatic heterocycles. The fourth-order valence-corrected chi connectivity index (χ4v) is 5.11. The zero-order valence-electron chi connectivity index (χ0n) is 11.4. The van der Waals surface area contributed by atoms with Crippen LogP contribution in [0.5, 0.6) is 0 Å². The zero-order chi connectivity index (χ0) is 12.9. The molecule has 1 fully saturated rings. The van der Waals surface area contributed by atoms with Crippen molar-refractivity contribution in [3.05, 3.63) is 0 Å². The largest absolute Gasteiger partial charge is 0.316 e. The Kier molecular flexibility index (Phi) is 5.93. The average molecular weight is 261 g/mol. The van der Waals surface area contributed by atoms with Crippen LogP contribution in [0.15, 0.2) is 0 Å². The van der Waals surface area contributed by atoms with Gasteiger partial charge in [-0.1, -0.05) is 33.1 Å². The van der Waals surface area contributed by atoms with Gasteiger partial charge in [0.25, 0.3) is 0 Å². The molecule has 0 amide bonds. The minimum absolute atomic E-state index is 0.141. The maximum absolute atomic E-state index is 12.1. The maximum atomic E-state index is 12.1. The van der Waals surface area contributed by atoms with Gasteiger partial charge in [-0.15, -0.1) is 0 Å². The summed E-state index contributed by atoms with van der Waals surface area (Å²) in [6, 6.07) is 0.141. The molecule has 1 saturated heterocycles. The van der Waals surface area contributed by atoms with Crippen molar-refractivity contribution in [3.63, 3.8) is 0 Å². The second-order valence-electron chi connectivity index (χ2n) is 5.43. The van der Waals surface area contributed by atoms with E-state index in [0.717, 1.165) is 25.7 Å².